The maximum Gasteiger partial charge on any atom is 0.197 e. The third-order valence-corrected chi connectivity index (χ3v) is 15.1. The highest BCUT2D eigenvalue weighted by Crippen LogP contribution is 2.35. The molecule has 0 bridgehead atoms. The molecule has 16 heteroatoms. The molecule has 3 aliphatic heterocycles. The zero-order valence-corrected chi connectivity index (χ0v) is 40.5. The summed E-state index contributed by atoms with van der Waals surface area (Å²) in [6.07, 6.45) is 0. The Morgan fingerprint density at radius 2 is 1.23 bits per heavy atom. The van der Waals surface area contributed by atoms with Crippen LogP contribution >= 0.6 is 68.8 Å². The van der Waals surface area contributed by atoms with Crippen LogP contribution in [-0.4, -0.2) is 139 Å². The molecule has 10 rings (SSSR count). The van der Waals surface area contributed by atoms with Crippen LogP contribution in [-0.2, 0) is 27.3 Å². The van der Waals surface area contributed by atoms with Crippen molar-refractivity contribution in [2.75, 3.05) is 104 Å². The third kappa shape index (κ3) is 12.1. The highest BCUT2D eigenvalue weighted by atomic mass is 35.5. The summed E-state index contributed by atoms with van der Waals surface area (Å²) in [7, 11) is 0. The largest absolute Gasteiger partial charge is 0.379 e. The maximum absolute atomic E-state index is 13.3. The van der Waals surface area contributed by atoms with E-state index in [1.54, 1.807) is 40.9 Å². The van der Waals surface area contributed by atoms with Gasteiger partial charge in [0.25, 0.3) is 0 Å². The Balaban J connectivity index is 0.000000139. The first kappa shape index (κ1) is 47.2. The van der Waals surface area contributed by atoms with Crippen LogP contribution in [0.1, 0.15) is 33.0 Å². The molecule has 3 fully saturated rings. The molecule has 3 saturated heterocycles. The summed E-state index contributed by atoms with van der Waals surface area (Å²) in [5.74, 6) is 0.661. The van der Waals surface area contributed by atoms with E-state index in [0.29, 0.717) is 15.6 Å². The second-order valence-corrected chi connectivity index (χ2v) is 19.4. The van der Waals surface area contributed by atoms with E-state index in [4.69, 9.17) is 49.0 Å². The number of ketones is 1. The molecule has 334 valence electrons. The molecule has 10 nitrogen and oxygen atoms in total. The van der Waals surface area contributed by atoms with Crippen molar-refractivity contribution in [3.05, 3.63) is 103 Å². The lowest BCUT2D eigenvalue weighted by Crippen LogP contribution is -2.38. The molecule has 62 heavy (non-hydrogen) atoms. The van der Waals surface area contributed by atoms with E-state index in [-0.39, 0.29) is 5.78 Å². The second-order valence-electron chi connectivity index (χ2n) is 15.5. The second kappa shape index (κ2) is 23.4. The van der Waals surface area contributed by atoms with Gasteiger partial charge in [-0.05, 0) is 79.4 Å². The van der Waals surface area contributed by atoms with E-state index in [2.05, 4.69) is 77.7 Å². The number of thiophene rings is 3. The number of rotatable bonds is 10. The number of nitrogens with zero attached hydrogens (tertiary/aromatic N) is 5. The molecule has 0 saturated carbocycles. The van der Waals surface area contributed by atoms with Gasteiger partial charge < -0.3 is 28.3 Å². The molecular weight excluding hydrogens is 903 g/mol. The SMILES string of the molecule is Cc1c(C(=O)c2cccc(Cl)c2Cl)c2ccsc2n1CCN1CCOCC1.Cc1cc2ccsc2[nH]1.Cc1cc2ccsc2n1CCN1CCOCC1.ClCCN1CCOCC1. The Morgan fingerprint density at radius 1 is 0.661 bits per heavy atom. The predicted molar refractivity (Wildman–Crippen MR) is 262 cm³/mol. The molecule has 0 aliphatic carbocycles. The molecule has 0 radical (unpaired) electrons. The van der Waals surface area contributed by atoms with Crippen molar-refractivity contribution in [3.63, 3.8) is 0 Å². The van der Waals surface area contributed by atoms with Gasteiger partial charge in [0, 0.05) is 117 Å². The normalized spacial score (nSPS) is 16.5. The summed E-state index contributed by atoms with van der Waals surface area (Å²) >= 11 is 23.2. The summed E-state index contributed by atoms with van der Waals surface area (Å²) in [5.41, 5.74) is 4.77. The Hall–Kier alpha value is -2.76. The smallest absolute Gasteiger partial charge is 0.197 e. The Bertz CT molecular complexity index is 2440. The van der Waals surface area contributed by atoms with Crippen LogP contribution < -0.4 is 0 Å². The molecule has 0 spiro atoms. The minimum atomic E-state index is -0.0754. The number of aryl methyl sites for hydroxylation is 2. The van der Waals surface area contributed by atoms with E-state index < -0.39 is 0 Å². The van der Waals surface area contributed by atoms with Gasteiger partial charge in [-0.1, -0.05) is 29.3 Å². The van der Waals surface area contributed by atoms with Gasteiger partial charge in [0.2, 0.25) is 0 Å². The molecule has 1 N–H and O–H groups in total. The summed E-state index contributed by atoms with van der Waals surface area (Å²) in [6, 6.07) is 16.0. The van der Waals surface area contributed by atoms with Gasteiger partial charge in [0.05, 0.1) is 60.1 Å². The minimum absolute atomic E-state index is 0.0754. The summed E-state index contributed by atoms with van der Waals surface area (Å²) in [5, 5.41) is 10.7. The number of alkyl halides is 1. The van der Waals surface area contributed by atoms with Gasteiger partial charge in [-0.2, -0.15) is 0 Å². The molecule has 1 aromatic carbocycles. The van der Waals surface area contributed by atoms with Crippen molar-refractivity contribution in [2.24, 2.45) is 0 Å². The van der Waals surface area contributed by atoms with Crippen LogP contribution in [0.5, 0.6) is 0 Å². The fraction of sp³-hybridized carbons (Fsp3) is 0.457. The average molecular weight is 961 g/mol. The number of carbonyl (C=O) groups excluding carboxylic acids is 1. The first-order chi connectivity index (χ1) is 30.2. The van der Waals surface area contributed by atoms with Crippen molar-refractivity contribution >= 4 is 105 Å². The summed E-state index contributed by atoms with van der Waals surface area (Å²) in [6.45, 7) is 22.6. The minimum Gasteiger partial charge on any atom is -0.379 e. The standard InChI is InChI=1S/C20H20Cl2N2O2S.C13H18N2OS.C7H7NS.C6H12ClNO/c1-13-17(19(25)15-3-2-4-16(21)18(15)22)14-5-12-27-20(14)24(13)7-6-23-8-10-26-11-9-23;1-11-10-12-2-9-17-13(12)15(11)4-3-14-5-7-16-8-6-14;1-5-4-6-2-3-9-7(6)8-5;7-1-2-8-3-5-9-6-4-8/h2-5,12H,6-11H2,1H3;2,9-10H,3-8H2,1H3;2-4,8H,1H3;1-6H2. The van der Waals surface area contributed by atoms with E-state index in [0.717, 1.165) is 139 Å². The maximum atomic E-state index is 13.3. The average Bonchev–Trinajstić information content (AvgIpc) is 4.15. The highest BCUT2D eigenvalue weighted by molar-refractivity contribution is 7.17. The number of carbonyl (C=O) groups is 1. The monoisotopic (exact) mass is 958 g/mol. The van der Waals surface area contributed by atoms with Crippen molar-refractivity contribution in [1.82, 2.24) is 28.8 Å². The van der Waals surface area contributed by atoms with E-state index in [9.17, 15) is 4.79 Å². The molecule has 9 heterocycles. The Morgan fingerprint density at radius 3 is 1.85 bits per heavy atom. The lowest BCUT2D eigenvalue weighted by atomic mass is 10.0. The molecule has 6 aromatic heterocycles. The Kier molecular flexibility index (Phi) is 17.8. The fourth-order valence-corrected chi connectivity index (χ4v) is 11.4. The van der Waals surface area contributed by atoms with Crippen LogP contribution in [0, 0.1) is 20.8 Å². The number of nitrogens with one attached hydrogen (secondary N) is 1. The molecule has 3 aliphatic rings. The van der Waals surface area contributed by atoms with Crippen LogP contribution in [0.25, 0.3) is 30.6 Å². The first-order valence-electron chi connectivity index (χ1n) is 21.3. The summed E-state index contributed by atoms with van der Waals surface area (Å²) in [4.78, 5) is 27.6. The summed E-state index contributed by atoms with van der Waals surface area (Å²) < 4.78 is 20.6. The van der Waals surface area contributed by atoms with Crippen molar-refractivity contribution in [1.29, 1.82) is 0 Å². The topological polar surface area (TPSA) is 80.1 Å². The Labute approximate surface area is 391 Å². The van der Waals surface area contributed by atoms with Gasteiger partial charge in [-0.25, -0.2) is 0 Å². The number of aromatic nitrogens is 3. The number of hydrogen-bond donors (Lipinski definition) is 1. The van der Waals surface area contributed by atoms with Crippen molar-refractivity contribution < 1.29 is 19.0 Å². The van der Waals surface area contributed by atoms with E-state index in [1.807, 2.05) is 29.7 Å². The van der Waals surface area contributed by atoms with Crippen LogP contribution in [0.3, 0.4) is 0 Å². The van der Waals surface area contributed by atoms with Crippen LogP contribution in [0.2, 0.25) is 10.0 Å². The quantitative estimate of drug-likeness (QED) is 0.108. The number of ether oxygens (including phenoxy) is 3. The van der Waals surface area contributed by atoms with E-state index in [1.165, 1.54) is 31.8 Å². The van der Waals surface area contributed by atoms with Crippen molar-refractivity contribution in [2.45, 2.75) is 33.9 Å². The number of fused-ring (bicyclic) bond motifs is 3. The van der Waals surface area contributed by atoms with Gasteiger partial charge in [0.15, 0.2) is 5.78 Å². The number of aromatic amines is 1. The number of benzene rings is 1. The highest BCUT2D eigenvalue weighted by Gasteiger charge is 2.25. The van der Waals surface area contributed by atoms with Gasteiger partial charge >= 0.3 is 0 Å². The number of morpholine rings is 3. The molecular formula is C46H57Cl3N6O4S3. The molecule has 0 atom stereocenters. The van der Waals surface area contributed by atoms with E-state index >= 15 is 0 Å². The zero-order valence-electron chi connectivity index (χ0n) is 35.8. The fourth-order valence-electron chi connectivity index (χ4n) is 7.99. The lowest BCUT2D eigenvalue weighted by Gasteiger charge is -2.26. The third-order valence-electron chi connectivity index (χ3n) is 11.4. The number of halogens is 3. The first-order valence-corrected chi connectivity index (χ1v) is 25.2. The molecule has 7 aromatic rings. The molecule has 0 amide bonds. The van der Waals surface area contributed by atoms with Crippen LogP contribution in [0.15, 0.2) is 64.7 Å². The van der Waals surface area contributed by atoms with Crippen LogP contribution in [0.4, 0.5) is 0 Å². The van der Waals surface area contributed by atoms with Crippen molar-refractivity contribution in [3.8, 4) is 0 Å². The number of H-pyrrole nitrogens is 1. The lowest BCUT2D eigenvalue weighted by molar-refractivity contribution is 0.0364. The predicted octanol–water partition coefficient (Wildman–Crippen LogP) is 10.3. The van der Waals surface area contributed by atoms with Gasteiger partial charge in [0.1, 0.15) is 9.66 Å². The molecule has 0 unspecified atom stereocenters. The zero-order chi connectivity index (χ0) is 43.4. The van der Waals surface area contributed by atoms with Gasteiger partial charge in [-0.15, -0.1) is 45.6 Å². The van der Waals surface area contributed by atoms with Gasteiger partial charge in [-0.3, -0.25) is 19.5 Å². The number of hydrogen-bond acceptors (Lipinski definition) is 10.